The molecule has 1 N–H and O–H groups in total. The Morgan fingerprint density at radius 2 is 2.40 bits per heavy atom. The molecule has 0 atom stereocenters. The molecule has 0 saturated carbocycles. The molecule has 1 rings (SSSR count). The van der Waals surface area contributed by atoms with Gasteiger partial charge in [0.1, 0.15) is 0 Å². The van der Waals surface area contributed by atoms with Gasteiger partial charge in [-0.15, -0.1) is 0 Å². The predicted octanol–water partition coefficient (Wildman–Crippen LogP) is 1.61. The number of hydrogen-bond acceptors (Lipinski definition) is 3. The third-order valence-corrected chi connectivity index (χ3v) is 2.21. The minimum absolute atomic E-state index is 0.111. The van der Waals surface area contributed by atoms with Crippen LogP contribution in [0.3, 0.4) is 0 Å². The van der Waals surface area contributed by atoms with Crippen LogP contribution < -0.4 is 5.32 Å². The molecular weight excluding hydrogens is 260 g/mol. The van der Waals surface area contributed by atoms with Gasteiger partial charge in [-0.05, 0) is 28.4 Å². The van der Waals surface area contributed by atoms with Gasteiger partial charge in [0.2, 0.25) is 0 Å². The molecule has 15 heavy (non-hydrogen) atoms. The second kappa shape index (κ2) is 6.53. The molecule has 82 valence electrons. The number of nitrogens with one attached hydrogen (secondary N) is 1. The average Bonchev–Trinajstić information content (AvgIpc) is 2.24. The zero-order chi connectivity index (χ0) is 11.1. The number of methoxy groups -OCH3 is 1. The number of aromatic nitrogens is 1. The summed E-state index contributed by atoms with van der Waals surface area (Å²) < 4.78 is 5.68. The summed E-state index contributed by atoms with van der Waals surface area (Å²) in [4.78, 5) is 15.5. The first kappa shape index (κ1) is 12.1. The number of hydrogen-bond donors (Lipinski definition) is 1. The standard InChI is InChI=1S/C10H13BrN2O2/c1-15-4-2-3-13-10(14)8-5-9(11)7-12-6-8/h5-7H,2-4H2,1H3,(H,13,14). The minimum Gasteiger partial charge on any atom is -0.385 e. The van der Waals surface area contributed by atoms with Gasteiger partial charge < -0.3 is 10.1 Å². The molecule has 0 fully saturated rings. The summed E-state index contributed by atoms with van der Waals surface area (Å²) in [6, 6.07) is 1.73. The van der Waals surface area contributed by atoms with Crippen LogP contribution in [0, 0.1) is 0 Å². The molecule has 4 nitrogen and oxygen atoms in total. The van der Waals surface area contributed by atoms with Crippen molar-refractivity contribution in [3.8, 4) is 0 Å². The van der Waals surface area contributed by atoms with E-state index in [1.54, 1.807) is 19.4 Å². The van der Waals surface area contributed by atoms with E-state index >= 15 is 0 Å². The summed E-state index contributed by atoms with van der Waals surface area (Å²) in [5, 5.41) is 2.78. The van der Waals surface area contributed by atoms with Crippen LogP contribution in [0.4, 0.5) is 0 Å². The molecule has 0 saturated heterocycles. The highest BCUT2D eigenvalue weighted by molar-refractivity contribution is 9.10. The lowest BCUT2D eigenvalue weighted by atomic mass is 10.2. The predicted molar refractivity (Wildman–Crippen MR) is 60.8 cm³/mol. The number of ether oxygens (including phenoxy) is 1. The third kappa shape index (κ3) is 4.40. The summed E-state index contributed by atoms with van der Waals surface area (Å²) in [5.74, 6) is -0.111. The number of rotatable bonds is 5. The highest BCUT2D eigenvalue weighted by atomic mass is 79.9. The highest BCUT2D eigenvalue weighted by Gasteiger charge is 2.04. The first-order valence-corrected chi connectivity index (χ1v) is 5.41. The van der Waals surface area contributed by atoms with Gasteiger partial charge in [-0.2, -0.15) is 0 Å². The van der Waals surface area contributed by atoms with Crippen LogP contribution in [-0.2, 0) is 4.74 Å². The van der Waals surface area contributed by atoms with Crippen molar-refractivity contribution in [2.24, 2.45) is 0 Å². The van der Waals surface area contributed by atoms with E-state index in [-0.39, 0.29) is 5.91 Å². The molecule has 1 aromatic rings. The van der Waals surface area contributed by atoms with E-state index in [1.807, 2.05) is 0 Å². The Morgan fingerprint density at radius 1 is 1.60 bits per heavy atom. The minimum atomic E-state index is -0.111. The maximum absolute atomic E-state index is 11.5. The lowest BCUT2D eigenvalue weighted by Crippen LogP contribution is -2.25. The quantitative estimate of drug-likeness (QED) is 0.829. The van der Waals surface area contributed by atoms with Gasteiger partial charge in [0.15, 0.2) is 0 Å². The van der Waals surface area contributed by atoms with Crippen LogP contribution in [0.5, 0.6) is 0 Å². The van der Waals surface area contributed by atoms with Crippen molar-refractivity contribution in [2.45, 2.75) is 6.42 Å². The van der Waals surface area contributed by atoms with Crippen molar-refractivity contribution in [3.05, 3.63) is 28.5 Å². The molecule has 0 bridgehead atoms. The Morgan fingerprint density at radius 3 is 3.07 bits per heavy atom. The number of amides is 1. The van der Waals surface area contributed by atoms with Gasteiger partial charge in [0, 0.05) is 37.1 Å². The maximum Gasteiger partial charge on any atom is 0.252 e. The van der Waals surface area contributed by atoms with E-state index in [2.05, 4.69) is 26.2 Å². The first-order chi connectivity index (χ1) is 7.24. The number of halogens is 1. The highest BCUT2D eigenvalue weighted by Crippen LogP contribution is 2.09. The van der Waals surface area contributed by atoms with Gasteiger partial charge in [0.05, 0.1) is 5.56 Å². The zero-order valence-electron chi connectivity index (χ0n) is 8.50. The van der Waals surface area contributed by atoms with Crippen LogP contribution in [-0.4, -0.2) is 31.2 Å². The Kier molecular flexibility index (Phi) is 5.28. The Hall–Kier alpha value is -0.940. The maximum atomic E-state index is 11.5. The number of pyridine rings is 1. The van der Waals surface area contributed by atoms with E-state index in [9.17, 15) is 4.79 Å². The molecule has 1 aromatic heterocycles. The average molecular weight is 273 g/mol. The van der Waals surface area contributed by atoms with Crippen molar-refractivity contribution in [1.29, 1.82) is 0 Å². The second-order valence-corrected chi connectivity index (χ2v) is 3.91. The van der Waals surface area contributed by atoms with Crippen LogP contribution >= 0.6 is 15.9 Å². The zero-order valence-corrected chi connectivity index (χ0v) is 10.1. The SMILES string of the molecule is COCCCNC(=O)c1cncc(Br)c1. The molecule has 0 radical (unpaired) electrons. The molecule has 0 spiro atoms. The summed E-state index contributed by atoms with van der Waals surface area (Å²) >= 11 is 3.26. The summed E-state index contributed by atoms with van der Waals surface area (Å²) in [6.07, 6.45) is 3.99. The molecule has 0 aliphatic heterocycles. The molecule has 0 unspecified atom stereocenters. The van der Waals surface area contributed by atoms with Crippen molar-refractivity contribution in [1.82, 2.24) is 10.3 Å². The van der Waals surface area contributed by atoms with Crippen LogP contribution in [0.2, 0.25) is 0 Å². The largest absolute Gasteiger partial charge is 0.385 e. The van der Waals surface area contributed by atoms with E-state index < -0.39 is 0 Å². The lowest BCUT2D eigenvalue weighted by molar-refractivity contribution is 0.0948. The Balaban J connectivity index is 2.40. The fraction of sp³-hybridized carbons (Fsp3) is 0.400. The Bertz CT molecular complexity index is 331. The Labute approximate surface area is 97.2 Å². The molecule has 0 aromatic carbocycles. The van der Waals surface area contributed by atoms with Crippen molar-refractivity contribution in [2.75, 3.05) is 20.3 Å². The summed E-state index contributed by atoms with van der Waals surface area (Å²) in [5.41, 5.74) is 0.557. The van der Waals surface area contributed by atoms with E-state index in [0.29, 0.717) is 18.7 Å². The fourth-order valence-corrected chi connectivity index (χ4v) is 1.42. The topological polar surface area (TPSA) is 51.2 Å². The number of carbonyl (C=O) groups excluding carboxylic acids is 1. The van der Waals surface area contributed by atoms with Gasteiger partial charge in [-0.1, -0.05) is 0 Å². The van der Waals surface area contributed by atoms with Gasteiger partial charge in [0.25, 0.3) is 5.91 Å². The number of nitrogens with zero attached hydrogens (tertiary/aromatic N) is 1. The van der Waals surface area contributed by atoms with E-state index in [4.69, 9.17) is 4.74 Å². The molecular formula is C10H13BrN2O2. The first-order valence-electron chi connectivity index (χ1n) is 4.61. The number of carbonyl (C=O) groups is 1. The monoisotopic (exact) mass is 272 g/mol. The van der Waals surface area contributed by atoms with Crippen LogP contribution in [0.25, 0.3) is 0 Å². The van der Waals surface area contributed by atoms with Crippen molar-refractivity contribution >= 4 is 21.8 Å². The molecule has 1 heterocycles. The smallest absolute Gasteiger partial charge is 0.252 e. The van der Waals surface area contributed by atoms with Crippen LogP contribution in [0.15, 0.2) is 22.9 Å². The van der Waals surface area contributed by atoms with Gasteiger partial charge in [-0.25, -0.2) is 0 Å². The summed E-state index contributed by atoms with van der Waals surface area (Å²) in [7, 11) is 1.64. The third-order valence-electron chi connectivity index (χ3n) is 1.78. The van der Waals surface area contributed by atoms with Gasteiger partial charge in [-0.3, -0.25) is 9.78 Å². The molecule has 0 aliphatic rings. The molecule has 1 amide bonds. The fourth-order valence-electron chi connectivity index (χ4n) is 1.06. The van der Waals surface area contributed by atoms with E-state index in [0.717, 1.165) is 10.9 Å². The van der Waals surface area contributed by atoms with Crippen LogP contribution in [0.1, 0.15) is 16.8 Å². The molecule has 0 aliphatic carbocycles. The molecule has 5 heteroatoms. The van der Waals surface area contributed by atoms with Crippen molar-refractivity contribution < 1.29 is 9.53 Å². The van der Waals surface area contributed by atoms with E-state index in [1.165, 1.54) is 6.20 Å². The lowest BCUT2D eigenvalue weighted by Gasteiger charge is -2.04. The second-order valence-electron chi connectivity index (χ2n) is 2.99. The van der Waals surface area contributed by atoms with Gasteiger partial charge >= 0.3 is 0 Å². The van der Waals surface area contributed by atoms with Crippen molar-refractivity contribution in [3.63, 3.8) is 0 Å². The summed E-state index contributed by atoms with van der Waals surface area (Å²) in [6.45, 7) is 1.26. The normalized spacial score (nSPS) is 10.0.